The lowest BCUT2D eigenvalue weighted by atomic mass is 10.0. The second-order valence-corrected chi connectivity index (χ2v) is 10.3. The Labute approximate surface area is 213 Å². The average Bonchev–Trinajstić information content (AvgIpc) is 3.32. The van der Waals surface area contributed by atoms with E-state index in [1.54, 1.807) is 60.7 Å². The maximum absolute atomic E-state index is 13.9. The van der Waals surface area contributed by atoms with Gasteiger partial charge in [0.1, 0.15) is 5.25 Å². The Balaban J connectivity index is 1.68. The summed E-state index contributed by atoms with van der Waals surface area (Å²) in [5, 5.41) is 5.27. The van der Waals surface area contributed by atoms with E-state index >= 15 is 0 Å². The molecule has 0 N–H and O–H groups in total. The second-order valence-electron chi connectivity index (χ2n) is 8.03. The number of hydrogen-bond acceptors (Lipinski definition) is 5. The Morgan fingerprint density at radius 2 is 1.41 bits per heavy atom. The van der Waals surface area contributed by atoms with Gasteiger partial charge in [-0.15, -0.1) is 10.2 Å². The fourth-order valence-electron chi connectivity index (χ4n) is 4.09. The molecule has 0 aliphatic carbocycles. The van der Waals surface area contributed by atoms with Crippen LogP contribution in [0, 0.1) is 0 Å². The molecule has 0 unspecified atom stereocenters. The summed E-state index contributed by atoms with van der Waals surface area (Å²) >= 11 is 5.99. The lowest BCUT2D eigenvalue weighted by Gasteiger charge is -2.18. The lowest BCUT2D eigenvalue weighted by Crippen LogP contribution is -2.23. The summed E-state index contributed by atoms with van der Waals surface area (Å²) in [6.45, 7) is 0. The van der Waals surface area contributed by atoms with Gasteiger partial charge in [0.25, 0.3) is 5.16 Å². The van der Waals surface area contributed by atoms with Gasteiger partial charge in [0, 0.05) is 12.4 Å². The van der Waals surface area contributed by atoms with Crippen LogP contribution in [0.4, 0.5) is 13.2 Å². The van der Waals surface area contributed by atoms with Crippen molar-refractivity contribution in [2.24, 2.45) is 0 Å². The van der Waals surface area contributed by atoms with Crippen LogP contribution in [0.2, 0.25) is 5.02 Å². The monoisotopic (exact) mass is 544 g/mol. The summed E-state index contributed by atoms with van der Waals surface area (Å²) in [6, 6.07) is 20.2. The van der Waals surface area contributed by atoms with Gasteiger partial charge in [0.2, 0.25) is 15.5 Å². The highest BCUT2D eigenvalue weighted by Gasteiger charge is 2.36. The standard InChI is InChI=1S/C25H16ClF3N4O3S/c26-20-18(25(27,28)29)12-7-13-19(20)32-14-15-33-22(23(32)34)30-31-24(33)37(35,36)21(16-8-3-1-4-9-16)17-10-5-2-6-11-17/h1-15,21H. The van der Waals surface area contributed by atoms with Crippen LogP contribution < -0.4 is 5.56 Å². The first-order valence-electron chi connectivity index (χ1n) is 10.8. The first-order valence-corrected chi connectivity index (χ1v) is 12.7. The van der Waals surface area contributed by atoms with Crippen molar-refractivity contribution in [3.8, 4) is 5.69 Å². The minimum atomic E-state index is -4.74. The first-order chi connectivity index (χ1) is 17.6. The minimum absolute atomic E-state index is 0.233. The molecule has 2 aromatic heterocycles. The zero-order chi connectivity index (χ0) is 26.4. The van der Waals surface area contributed by atoms with Crippen molar-refractivity contribution >= 4 is 27.1 Å². The molecule has 7 nitrogen and oxygen atoms in total. The average molecular weight is 545 g/mol. The molecule has 12 heteroatoms. The van der Waals surface area contributed by atoms with Crippen LogP contribution >= 0.6 is 11.6 Å². The van der Waals surface area contributed by atoms with E-state index in [0.29, 0.717) is 11.1 Å². The van der Waals surface area contributed by atoms with Crippen LogP contribution in [0.15, 0.2) is 101 Å². The molecule has 0 amide bonds. The van der Waals surface area contributed by atoms with Crippen molar-refractivity contribution in [3.63, 3.8) is 0 Å². The van der Waals surface area contributed by atoms with Crippen molar-refractivity contribution in [3.05, 3.63) is 123 Å². The SMILES string of the molecule is O=c1c2nnc(S(=O)(=O)C(c3ccccc3)c3ccccc3)n2ccn1-c1cccc(C(F)(F)F)c1Cl. The summed E-state index contributed by atoms with van der Waals surface area (Å²) in [7, 11) is -4.25. The number of hydrogen-bond donors (Lipinski definition) is 0. The molecule has 0 bridgehead atoms. The topological polar surface area (TPSA) is 86.3 Å². The molecule has 0 saturated carbocycles. The van der Waals surface area contributed by atoms with Crippen LogP contribution in [0.3, 0.4) is 0 Å². The second kappa shape index (κ2) is 9.16. The highest BCUT2D eigenvalue weighted by molar-refractivity contribution is 7.91. The molecule has 0 aliphatic heterocycles. The van der Waals surface area contributed by atoms with Gasteiger partial charge in [-0.25, -0.2) is 8.42 Å². The highest BCUT2D eigenvalue weighted by Crippen LogP contribution is 2.37. The molecule has 0 spiro atoms. The van der Waals surface area contributed by atoms with Crippen molar-refractivity contribution in [2.45, 2.75) is 16.6 Å². The van der Waals surface area contributed by atoms with Crippen LogP contribution in [0.25, 0.3) is 11.3 Å². The predicted octanol–water partition coefficient (Wildman–Crippen LogP) is 5.12. The smallest absolute Gasteiger partial charge is 0.278 e. The van der Waals surface area contributed by atoms with Crippen molar-refractivity contribution < 1.29 is 21.6 Å². The zero-order valence-corrected chi connectivity index (χ0v) is 20.2. The number of nitrogens with zero attached hydrogens (tertiary/aromatic N) is 4. The molecule has 0 atom stereocenters. The van der Waals surface area contributed by atoms with Crippen LogP contribution in [-0.2, 0) is 16.0 Å². The molecule has 0 radical (unpaired) electrons. The lowest BCUT2D eigenvalue weighted by molar-refractivity contribution is -0.137. The molecule has 2 heterocycles. The number of aromatic nitrogens is 4. The Bertz CT molecular complexity index is 1730. The summed E-state index contributed by atoms with van der Waals surface area (Å²) in [6.07, 6.45) is -2.41. The normalized spacial score (nSPS) is 12.4. The maximum Gasteiger partial charge on any atom is 0.417 e. The van der Waals surface area contributed by atoms with Gasteiger partial charge in [-0.2, -0.15) is 13.2 Å². The van der Waals surface area contributed by atoms with Crippen LogP contribution in [0.1, 0.15) is 21.9 Å². The molecular weight excluding hydrogens is 529 g/mol. The third-order valence-electron chi connectivity index (χ3n) is 5.75. The van der Waals surface area contributed by atoms with E-state index in [0.717, 1.165) is 27.3 Å². The van der Waals surface area contributed by atoms with Crippen molar-refractivity contribution in [1.82, 2.24) is 19.2 Å². The number of rotatable bonds is 5. The van der Waals surface area contributed by atoms with E-state index in [2.05, 4.69) is 10.2 Å². The molecule has 3 aromatic carbocycles. The fraction of sp³-hybridized carbons (Fsp3) is 0.0800. The summed E-state index contributed by atoms with van der Waals surface area (Å²) in [5.41, 5.74) is -1.67. The predicted molar refractivity (Wildman–Crippen MR) is 131 cm³/mol. The largest absolute Gasteiger partial charge is 0.417 e. The van der Waals surface area contributed by atoms with Gasteiger partial charge in [-0.05, 0) is 23.3 Å². The molecule has 0 fully saturated rings. The highest BCUT2D eigenvalue weighted by atomic mass is 35.5. The van der Waals surface area contributed by atoms with E-state index < -0.39 is 48.2 Å². The van der Waals surface area contributed by atoms with Gasteiger partial charge in [-0.3, -0.25) is 13.8 Å². The van der Waals surface area contributed by atoms with E-state index in [-0.39, 0.29) is 5.69 Å². The molecule has 188 valence electrons. The van der Waals surface area contributed by atoms with Crippen LogP contribution in [-0.4, -0.2) is 27.6 Å². The van der Waals surface area contributed by atoms with E-state index in [9.17, 15) is 26.4 Å². The number of fused-ring (bicyclic) bond motifs is 1. The Kier molecular flexibility index (Phi) is 6.12. The zero-order valence-electron chi connectivity index (χ0n) is 18.7. The maximum atomic E-state index is 13.9. The van der Waals surface area contributed by atoms with E-state index in [1.807, 2.05) is 0 Å². The Morgan fingerprint density at radius 1 is 0.811 bits per heavy atom. The molecule has 5 rings (SSSR count). The van der Waals surface area contributed by atoms with Gasteiger partial charge < -0.3 is 0 Å². The van der Waals surface area contributed by atoms with Gasteiger partial charge in [0.05, 0.1) is 16.3 Å². The summed E-state index contributed by atoms with van der Waals surface area (Å²) < 4.78 is 69.7. The molecule has 0 saturated heterocycles. The van der Waals surface area contributed by atoms with Gasteiger partial charge in [0.15, 0.2) is 0 Å². The summed E-state index contributed by atoms with van der Waals surface area (Å²) in [5.74, 6) is 0. The Hall–Kier alpha value is -3.96. The molecule has 37 heavy (non-hydrogen) atoms. The quantitative estimate of drug-likeness (QED) is 0.307. The number of halogens is 4. The van der Waals surface area contributed by atoms with Crippen molar-refractivity contribution in [1.29, 1.82) is 0 Å². The van der Waals surface area contributed by atoms with Gasteiger partial charge >= 0.3 is 11.7 Å². The third kappa shape index (κ3) is 4.30. The molecular formula is C25H16ClF3N4O3S. The fourth-order valence-corrected chi connectivity index (χ4v) is 6.23. The van der Waals surface area contributed by atoms with Crippen molar-refractivity contribution in [2.75, 3.05) is 0 Å². The third-order valence-corrected chi connectivity index (χ3v) is 8.10. The first kappa shape index (κ1) is 24.7. The number of alkyl halides is 3. The van der Waals surface area contributed by atoms with Gasteiger partial charge in [-0.1, -0.05) is 78.3 Å². The molecule has 0 aliphatic rings. The van der Waals surface area contributed by atoms with E-state index in [4.69, 9.17) is 11.6 Å². The number of sulfone groups is 1. The summed E-state index contributed by atoms with van der Waals surface area (Å²) in [4.78, 5) is 13.2. The van der Waals surface area contributed by atoms with E-state index in [1.165, 1.54) is 12.3 Å². The number of benzene rings is 3. The van der Waals surface area contributed by atoms with Crippen LogP contribution in [0.5, 0.6) is 0 Å². The Morgan fingerprint density at radius 3 is 1.97 bits per heavy atom. The molecule has 5 aromatic rings. The minimum Gasteiger partial charge on any atom is -0.278 e.